The number of benzene rings is 4. The topological polar surface area (TPSA) is 57.4 Å². The Balaban J connectivity index is 1.19. The number of aromatic nitrogens is 4. The highest BCUT2D eigenvalue weighted by Gasteiger charge is 2.26. The number of hydrogen-bond acceptors (Lipinski definition) is 10. The van der Waals surface area contributed by atoms with E-state index in [1.165, 1.54) is 83.0 Å². The molecule has 6 aliphatic heterocycles. The van der Waals surface area contributed by atoms with Crippen molar-refractivity contribution in [2.45, 2.75) is 39.2 Å². The minimum atomic E-state index is 1.01. The van der Waals surface area contributed by atoms with E-state index in [0.717, 1.165) is 90.9 Å². The first-order chi connectivity index (χ1) is 27.7. The van der Waals surface area contributed by atoms with Crippen molar-refractivity contribution in [1.29, 1.82) is 0 Å². The quantitative estimate of drug-likeness (QED) is 0.154. The van der Waals surface area contributed by atoms with E-state index in [2.05, 4.69) is 82.8 Å². The highest BCUT2D eigenvalue weighted by atomic mass is 32.2. The van der Waals surface area contributed by atoms with Gasteiger partial charge in [0.1, 0.15) is 0 Å². The van der Waals surface area contributed by atoms with Crippen molar-refractivity contribution in [3.8, 4) is 45.0 Å². The molecule has 2 N–H and O–H groups in total. The lowest BCUT2D eigenvalue weighted by atomic mass is 10.0. The summed E-state index contributed by atoms with van der Waals surface area (Å²) < 4.78 is 0. The van der Waals surface area contributed by atoms with E-state index in [0.29, 0.717) is 0 Å². The van der Waals surface area contributed by atoms with E-state index in [-0.39, 0.29) is 0 Å². The number of hydrogen-bond donors (Lipinski definition) is 2. The minimum absolute atomic E-state index is 1.01. The van der Waals surface area contributed by atoms with Gasteiger partial charge in [0.05, 0.1) is 22.8 Å². The molecule has 0 fully saturated rings. The van der Waals surface area contributed by atoms with Crippen LogP contribution in [0.1, 0.15) is 0 Å². The van der Waals surface area contributed by atoms with E-state index in [4.69, 9.17) is 9.97 Å². The fourth-order valence-corrected chi connectivity index (χ4v) is 17.7. The molecule has 6 aliphatic rings. The van der Waals surface area contributed by atoms with E-state index >= 15 is 0 Å². The first-order valence-corrected chi connectivity index (χ1v) is 26.6. The lowest BCUT2D eigenvalue weighted by molar-refractivity contribution is 1.23. The Bertz CT molecular complexity index is 2680. The van der Waals surface area contributed by atoms with Crippen molar-refractivity contribution in [2.24, 2.45) is 0 Å². The van der Waals surface area contributed by atoms with Gasteiger partial charge in [-0.15, -0.1) is 94.1 Å². The average molecular weight is 871 g/mol. The highest BCUT2D eigenvalue weighted by molar-refractivity contribution is 8.07. The van der Waals surface area contributed by atoms with Gasteiger partial charge in [0, 0.05) is 151 Å². The molecule has 56 heavy (non-hydrogen) atoms. The molecular weight excluding hydrogens is 841 g/mol. The molecule has 0 saturated heterocycles. The third-order valence-electron chi connectivity index (χ3n) is 11.1. The average Bonchev–Trinajstić information content (AvgIpc) is 3.95. The zero-order valence-corrected chi connectivity index (χ0v) is 36.3. The van der Waals surface area contributed by atoms with E-state index in [1.54, 1.807) is 0 Å². The molecule has 0 unspecified atom stereocenters. The Morgan fingerprint density at radius 2 is 0.500 bits per heavy atom. The Hall–Kier alpha value is -2.68. The van der Waals surface area contributed by atoms with Gasteiger partial charge in [-0.3, -0.25) is 0 Å². The van der Waals surface area contributed by atoms with Crippen LogP contribution < -0.4 is 0 Å². The van der Waals surface area contributed by atoms with Crippen molar-refractivity contribution in [3.63, 3.8) is 0 Å². The smallest absolute Gasteiger partial charge is 0.0737 e. The summed E-state index contributed by atoms with van der Waals surface area (Å²) in [6.45, 7) is 0. The predicted molar refractivity (Wildman–Crippen MR) is 251 cm³/mol. The molecule has 0 spiro atoms. The molecule has 7 aromatic rings. The van der Waals surface area contributed by atoms with Crippen LogP contribution in [-0.2, 0) is 0 Å². The Kier molecular flexibility index (Phi) is 8.20. The lowest BCUT2D eigenvalue weighted by Crippen LogP contribution is -1.94. The maximum Gasteiger partial charge on any atom is 0.0737 e. The predicted octanol–water partition coefficient (Wildman–Crippen LogP) is 14.1. The Morgan fingerprint density at radius 1 is 0.286 bits per heavy atom. The van der Waals surface area contributed by atoms with Crippen LogP contribution in [0.15, 0.2) is 112 Å². The molecule has 0 radical (unpaired) electrons. The number of thioether (sulfide) groups is 8. The van der Waals surface area contributed by atoms with Crippen molar-refractivity contribution < 1.29 is 0 Å². The normalized spacial score (nSPS) is 16.9. The fourth-order valence-electron chi connectivity index (χ4n) is 8.60. The SMILES string of the molecule is c1c2c(cc3c1-c1cc4[nH]c(cc5nc(cc6[nH]c(cc-3n1)c1cc3c(cc61)SCCS3)-c1cc3c(cc1-5)SCCS3)c1cc3c(cc41)SCCS3)SCCS2. The monoisotopic (exact) mass is 870 g/mol. The second-order valence-corrected chi connectivity index (χ2v) is 23.5. The van der Waals surface area contributed by atoms with Crippen molar-refractivity contribution in [1.82, 2.24) is 19.9 Å². The first kappa shape index (κ1) is 34.2. The molecule has 12 heteroatoms. The summed E-state index contributed by atoms with van der Waals surface area (Å²) in [5.41, 5.74) is 13.3. The molecule has 0 amide bonds. The van der Waals surface area contributed by atoms with Gasteiger partial charge in [-0.1, -0.05) is 0 Å². The van der Waals surface area contributed by atoms with Crippen LogP contribution in [0, 0.1) is 0 Å². The molecule has 0 saturated carbocycles. The summed E-state index contributed by atoms with van der Waals surface area (Å²) >= 11 is 15.8. The van der Waals surface area contributed by atoms with Crippen molar-refractivity contribution >= 4 is 138 Å². The molecule has 9 heterocycles. The highest BCUT2D eigenvalue weighted by Crippen LogP contribution is 2.50. The van der Waals surface area contributed by atoms with Gasteiger partial charge < -0.3 is 9.97 Å². The number of rotatable bonds is 0. The van der Waals surface area contributed by atoms with Gasteiger partial charge in [-0.05, 0) is 72.8 Å². The number of H-pyrrole nitrogens is 2. The zero-order chi connectivity index (χ0) is 36.5. The largest absolute Gasteiger partial charge is 0.354 e. The summed E-state index contributed by atoms with van der Waals surface area (Å²) in [5.74, 6) is 9.10. The summed E-state index contributed by atoms with van der Waals surface area (Å²) in [4.78, 5) is 29.9. The maximum atomic E-state index is 5.52. The number of nitrogens with zero attached hydrogens (tertiary/aromatic N) is 2. The third kappa shape index (κ3) is 5.53. The molecule has 0 aliphatic carbocycles. The van der Waals surface area contributed by atoms with Crippen LogP contribution >= 0.6 is 94.1 Å². The van der Waals surface area contributed by atoms with Crippen molar-refractivity contribution in [2.75, 3.05) is 46.0 Å². The molecule has 8 bridgehead atoms. The second-order valence-electron chi connectivity index (χ2n) is 14.4. The molecular formula is C44H30N4S8. The van der Waals surface area contributed by atoms with E-state index in [1.807, 2.05) is 94.1 Å². The van der Waals surface area contributed by atoms with E-state index < -0.39 is 0 Å². The summed E-state index contributed by atoms with van der Waals surface area (Å²) in [6, 6.07) is 28.6. The molecule has 4 nitrogen and oxygen atoms in total. The van der Waals surface area contributed by atoms with Gasteiger partial charge in [-0.25, -0.2) is 9.97 Å². The van der Waals surface area contributed by atoms with E-state index in [9.17, 15) is 0 Å². The summed E-state index contributed by atoms with van der Waals surface area (Å²) in [5, 5.41) is 4.97. The summed E-state index contributed by atoms with van der Waals surface area (Å²) in [6.07, 6.45) is 0. The van der Waals surface area contributed by atoms with Crippen LogP contribution in [0.25, 0.3) is 88.6 Å². The molecule has 274 valence electrons. The number of fused-ring (bicyclic) bond motifs is 24. The van der Waals surface area contributed by atoms with Gasteiger partial charge in [0.2, 0.25) is 0 Å². The minimum Gasteiger partial charge on any atom is -0.354 e. The number of nitrogens with one attached hydrogen (secondary N) is 2. The first-order valence-electron chi connectivity index (χ1n) is 18.8. The standard InChI is InChI=1S/C44H30N4S8/c1-2-50-38-10-22-21(9-37(38)49-1)29-17-31-23-11-39-40(52-4-3-51-39)12-24(23)33(46-31)19-35-27-15-43-44(56-8-7-55-43)16-28(27)36(48-35)20-34-26-14-42-41(53-5-6-54-42)13-25(26)32(47-34)18-30(22)45-29/h9-20,45,48H,1-8H2. The molecule has 13 rings (SSSR count). The zero-order valence-electron chi connectivity index (χ0n) is 29.7. The molecule has 3 aromatic heterocycles. The van der Waals surface area contributed by atoms with Crippen LogP contribution in [0.5, 0.6) is 0 Å². The Morgan fingerprint density at radius 3 is 0.732 bits per heavy atom. The van der Waals surface area contributed by atoms with Gasteiger partial charge >= 0.3 is 0 Å². The maximum absolute atomic E-state index is 5.52. The fraction of sp³-hybridized carbons (Fsp3) is 0.182. The van der Waals surface area contributed by atoms with Crippen LogP contribution in [0.4, 0.5) is 0 Å². The van der Waals surface area contributed by atoms with Crippen LogP contribution in [-0.4, -0.2) is 66.0 Å². The Labute approximate surface area is 357 Å². The number of aromatic amines is 2. The van der Waals surface area contributed by atoms with Gasteiger partial charge in [0.25, 0.3) is 0 Å². The van der Waals surface area contributed by atoms with Gasteiger partial charge in [-0.2, -0.15) is 0 Å². The van der Waals surface area contributed by atoms with Gasteiger partial charge in [0.15, 0.2) is 0 Å². The molecule has 0 atom stereocenters. The molecule has 4 aromatic carbocycles. The van der Waals surface area contributed by atoms with Crippen LogP contribution in [0.3, 0.4) is 0 Å². The second kappa shape index (κ2) is 13.4. The summed E-state index contributed by atoms with van der Waals surface area (Å²) in [7, 11) is 0. The van der Waals surface area contributed by atoms with Crippen LogP contribution in [0.2, 0.25) is 0 Å². The third-order valence-corrected chi connectivity index (χ3v) is 21.1. The lowest BCUT2D eigenvalue weighted by Gasteiger charge is -2.16. The van der Waals surface area contributed by atoms with Crippen molar-refractivity contribution in [3.05, 3.63) is 72.8 Å².